The highest BCUT2D eigenvalue weighted by atomic mass is 16.5. The summed E-state index contributed by atoms with van der Waals surface area (Å²) in [7, 11) is 0. The predicted molar refractivity (Wildman–Crippen MR) is 61.8 cm³/mol. The first-order valence-electron chi connectivity index (χ1n) is 5.53. The topological polar surface area (TPSA) is 38.5 Å². The molecular formula is C12H14N2O2. The average molecular weight is 218 g/mol. The van der Waals surface area contributed by atoms with Gasteiger partial charge in [-0.15, -0.1) is 0 Å². The molecule has 84 valence electrons. The van der Waals surface area contributed by atoms with Crippen LogP contribution in [0.1, 0.15) is 5.56 Å². The summed E-state index contributed by atoms with van der Waals surface area (Å²) in [5.74, 6) is 0. The summed E-state index contributed by atoms with van der Waals surface area (Å²) in [5, 5.41) is 0. The van der Waals surface area contributed by atoms with Gasteiger partial charge in [0.2, 0.25) is 0 Å². The fourth-order valence-electron chi connectivity index (χ4n) is 1.91. The minimum Gasteiger partial charge on any atom is -0.423 e. The Labute approximate surface area is 93.8 Å². The summed E-state index contributed by atoms with van der Waals surface area (Å²) < 4.78 is 11.1. The number of oxazole rings is 1. The molecule has 0 atom stereocenters. The molecule has 0 saturated carbocycles. The quantitative estimate of drug-likeness (QED) is 0.733. The maximum absolute atomic E-state index is 5.75. The number of rotatable bonds is 1. The number of hydrogen-bond donors (Lipinski definition) is 0. The Bertz CT molecular complexity index is 501. The second-order valence-electron chi connectivity index (χ2n) is 4.07. The Morgan fingerprint density at radius 2 is 2.06 bits per heavy atom. The van der Waals surface area contributed by atoms with Crippen LogP contribution in [0.15, 0.2) is 22.6 Å². The van der Waals surface area contributed by atoms with Crippen molar-refractivity contribution in [1.29, 1.82) is 0 Å². The van der Waals surface area contributed by atoms with Crippen LogP contribution in [0.4, 0.5) is 6.01 Å². The van der Waals surface area contributed by atoms with E-state index in [4.69, 9.17) is 9.15 Å². The van der Waals surface area contributed by atoms with Crippen molar-refractivity contribution in [3.63, 3.8) is 0 Å². The van der Waals surface area contributed by atoms with Crippen molar-refractivity contribution in [3.8, 4) is 0 Å². The van der Waals surface area contributed by atoms with Crippen molar-refractivity contribution in [3.05, 3.63) is 23.8 Å². The van der Waals surface area contributed by atoms with E-state index in [0.29, 0.717) is 6.01 Å². The summed E-state index contributed by atoms with van der Waals surface area (Å²) in [6.07, 6.45) is 0. The summed E-state index contributed by atoms with van der Waals surface area (Å²) in [4.78, 5) is 6.61. The van der Waals surface area contributed by atoms with Gasteiger partial charge in [0.1, 0.15) is 5.52 Å². The highest BCUT2D eigenvalue weighted by Gasteiger charge is 2.16. The van der Waals surface area contributed by atoms with Gasteiger partial charge in [0.15, 0.2) is 5.58 Å². The van der Waals surface area contributed by atoms with Crippen LogP contribution in [-0.2, 0) is 4.74 Å². The number of benzene rings is 1. The van der Waals surface area contributed by atoms with E-state index in [1.54, 1.807) is 0 Å². The van der Waals surface area contributed by atoms with Gasteiger partial charge in [-0.05, 0) is 24.6 Å². The van der Waals surface area contributed by atoms with Gasteiger partial charge in [0.25, 0.3) is 6.01 Å². The van der Waals surface area contributed by atoms with Crippen LogP contribution >= 0.6 is 0 Å². The molecule has 0 aliphatic carbocycles. The Kier molecular flexibility index (Phi) is 2.29. The number of hydrogen-bond acceptors (Lipinski definition) is 4. The van der Waals surface area contributed by atoms with E-state index in [1.165, 1.54) is 5.56 Å². The van der Waals surface area contributed by atoms with E-state index in [1.807, 2.05) is 18.2 Å². The molecule has 0 bridgehead atoms. The standard InChI is InChI=1S/C12H14N2O2/c1-9-2-3-10-11(8-9)16-12(13-10)14-4-6-15-7-5-14/h2-3,8H,4-7H2,1H3. The van der Waals surface area contributed by atoms with Gasteiger partial charge in [-0.2, -0.15) is 4.98 Å². The predicted octanol–water partition coefficient (Wildman–Crippen LogP) is 1.97. The van der Waals surface area contributed by atoms with E-state index < -0.39 is 0 Å². The van der Waals surface area contributed by atoms with Crippen LogP contribution in [0.3, 0.4) is 0 Å². The van der Waals surface area contributed by atoms with E-state index in [9.17, 15) is 0 Å². The van der Waals surface area contributed by atoms with Gasteiger partial charge >= 0.3 is 0 Å². The van der Waals surface area contributed by atoms with Crippen molar-refractivity contribution in [2.24, 2.45) is 0 Å². The zero-order chi connectivity index (χ0) is 11.0. The molecule has 1 aromatic heterocycles. The molecule has 1 aromatic carbocycles. The lowest BCUT2D eigenvalue weighted by atomic mass is 10.2. The summed E-state index contributed by atoms with van der Waals surface area (Å²) in [5.41, 5.74) is 2.98. The molecule has 2 aromatic rings. The van der Waals surface area contributed by atoms with Crippen molar-refractivity contribution in [2.75, 3.05) is 31.2 Å². The third kappa shape index (κ3) is 1.65. The Balaban J connectivity index is 1.97. The van der Waals surface area contributed by atoms with Crippen molar-refractivity contribution >= 4 is 17.1 Å². The minimum atomic E-state index is 0.712. The maximum atomic E-state index is 5.75. The largest absolute Gasteiger partial charge is 0.423 e. The monoisotopic (exact) mass is 218 g/mol. The van der Waals surface area contributed by atoms with Gasteiger partial charge < -0.3 is 14.1 Å². The lowest BCUT2D eigenvalue weighted by Crippen LogP contribution is -2.36. The lowest BCUT2D eigenvalue weighted by Gasteiger charge is -2.24. The third-order valence-electron chi connectivity index (χ3n) is 2.81. The molecular weight excluding hydrogens is 204 g/mol. The van der Waals surface area contributed by atoms with E-state index in [-0.39, 0.29) is 0 Å². The van der Waals surface area contributed by atoms with Gasteiger partial charge in [-0.1, -0.05) is 6.07 Å². The molecule has 1 aliphatic rings. The van der Waals surface area contributed by atoms with Crippen molar-refractivity contribution in [1.82, 2.24) is 4.98 Å². The summed E-state index contributed by atoms with van der Waals surface area (Å²) in [6, 6.07) is 6.78. The first-order valence-corrected chi connectivity index (χ1v) is 5.53. The fraction of sp³-hybridized carbons (Fsp3) is 0.417. The lowest BCUT2D eigenvalue weighted by molar-refractivity contribution is 0.120. The SMILES string of the molecule is Cc1ccc2nc(N3CCOCC3)oc2c1. The van der Waals surface area contributed by atoms with E-state index in [0.717, 1.165) is 37.4 Å². The molecule has 0 N–H and O–H groups in total. The Morgan fingerprint density at radius 3 is 2.88 bits per heavy atom. The summed E-state index contributed by atoms with van der Waals surface area (Å²) >= 11 is 0. The minimum absolute atomic E-state index is 0.712. The van der Waals surface area contributed by atoms with E-state index >= 15 is 0 Å². The van der Waals surface area contributed by atoms with Gasteiger partial charge in [0.05, 0.1) is 13.2 Å². The number of morpholine rings is 1. The molecule has 1 saturated heterocycles. The molecule has 0 radical (unpaired) electrons. The Morgan fingerprint density at radius 1 is 1.25 bits per heavy atom. The van der Waals surface area contributed by atoms with Crippen molar-refractivity contribution < 1.29 is 9.15 Å². The highest BCUT2D eigenvalue weighted by molar-refractivity contribution is 5.75. The molecule has 0 unspecified atom stereocenters. The Hall–Kier alpha value is -1.55. The highest BCUT2D eigenvalue weighted by Crippen LogP contribution is 2.23. The molecule has 2 heterocycles. The number of fused-ring (bicyclic) bond motifs is 1. The maximum Gasteiger partial charge on any atom is 0.298 e. The number of ether oxygens (including phenoxy) is 1. The number of aromatic nitrogens is 1. The smallest absolute Gasteiger partial charge is 0.298 e. The number of nitrogens with zero attached hydrogens (tertiary/aromatic N) is 2. The van der Waals surface area contributed by atoms with Gasteiger partial charge in [0, 0.05) is 13.1 Å². The molecule has 3 rings (SSSR count). The number of aryl methyl sites for hydroxylation is 1. The first-order chi connectivity index (χ1) is 7.83. The number of anilines is 1. The normalized spacial score (nSPS) is 16.9. The van der Waals surface area contributed by atoms with Crippen LogP contribution < -0.4 is 4.90 Å². The fourth-order valence-corrected chi connectivity index (χ4v) is 1.91. The van der Waals surface area contributed by atoms with Crippen LogP contribution in [0, 0.1) is 6.92 Å². The van der Waals surface area contributed by atoms with E-state index in [2.05, 4.69) is 16.8 Å². The molecule has 4 nitrogen and oxygen atoms in total. The second-order valence-corrected chi connectivity index (χ2v) is 4.07. The summed E-state index contributed by atoms with van der Waals surface area (Å²) in [6.45, 7) is 5.25. The van der Waals surface area contributed by atoms with Gasteiger partial charge in [-0.3, -0.25) is 0 Å². The zero-order valence-corrected chi connectivity index (χ0v) is 9.27. The molecule has 1 aliphatic heterocycles. The average Bonchev–Trinajstić information content (AvgIpc) is 2.73. The molecule has 1 fully saturated rings. The first kappa shape index (κ1) is 9.66. The molecule has 4 heteroatoms. The van der Waals surface area contributed by atoms with Crippen molar-refractivity contribution in [2.45, 2.75) is 6.92 Å². The van der Waals surface area contributed by atoms with Crippen LogP contribution in [0.5, 0.6) is 0 Å². The molecule has 0 amide bonds. The third-order valence-corrected chi connectivity index (χ3v) is 2.81. The van der Waals surface area contributed by atoms with Gasteiger partial charge in [-0.25, -0.2) is 0 Å². The zero-order valence-electron chi connectivity index (χ0n) is 9.27. The van der Waals surface area contributed by atoms with Crippen LogP contribution in [-0.4, -0.2) is 31.3 Å². The molecule has 0 spiro atoms. The second kappa shape index (κ2) is 3.79. The molecule has 16 heavy (non-hydrogen) atoms. The van der Waals surface area contributed by atoms with Crippen LogP contribution in [0.25, 0.3) is 11.1 Å². The van der Waals surface area contributed by atoms with Crippen LogP contribution in [0.2, 0.25) is 0 Å².